The molecular weight excluding hydrogens is 242 g/mol. The Balaban J connectivity index is 1.94. The zero-order valence-electron chi connectivity index (χ0n) is 10.4. The molecule has 1 N–H and O–H groups in total. The minimum absolute atomic E-state index is 0.0931. The molecule has 2 rings (SSSR count). The van der Waals surface area contributed by atoms with Crippen molar-refractivity contribution in [3.05, 3.63) is 54.0 Å². The predicted molar refractivity (Wildman–Crippen MR) is 74.6 cm³/mol. The molecule has 0 saturated heterocycles. The zero-order chi connectivity index (χ0) is 13.5. The minimum Gasteiger partial charge on any atom is -0.463 e. The van der Waals surface area contributed by atoms with Crippen LogP contribution in [0.1, 0.15) is 18.2 Å². The largest absolute Gasteiger partial charge is 0.463 e. The maximum atomic E-state index is 10.9. The Morgan fingerprint density at radius 2 is 1.89 bits per heavy atom. The van der Waals surface area contributed by atoms with Crippen molar-refractivity contribution in [3.63, 3.8) is 0 Å². The highest BCUT2D eigenvalue weighted by Gasteiger charge is 1.94. The second-order valence-corrected chi connectivity index (χ2v) is 3.81. The summed E-state index contributed by atoms with van der Waals surface area (Å²) < 4.78 is 5.08. The van der Waals surface area contributed by atoms with Gasteiger partial charge in [0.2, 0.25) is 5.91 Å². The number of anilines is 1. The Morgan fingerprint density at radius 3 is 2.53 bits per heavy atom. The van der Waals surface area contributed by atoms with E-state index in [0.717, 1.165) is 11.3 Å². The molecule has 0 unspecified atom stereocenters. The molecule has 0 atom stereocenters. The number of hydrogen-bond acceptors (Lipinski definition) is 4. The smallest absolute Gasteiger partial charge is 0.221 e. The molecule has 0 fully saturated rings. The average molecular weight is 255 g/mol. The SMILES string of the molecule is CC(=O)Nc1ccc(C=N/N=C/c2ccco2)cc1. The highest BCUT2D eigenvalue weighted by atomic mass is 16.3. The van der Waals surface area contributed by atoms with Crippen molar-refractivity contribution in [1.82, 2.24) is 0 Å². The maximum Gasteiger partial charge on any atom is 0.221 e. The molecule has 1 heterocycles. The lowest BCUT2D eigenvalue weighted by molar-refractivity contribution is -0.114. The van der Waals surface area contributed by atoms with Crippen LogP contribution in [0.4, 0.5) is 5.69 Å². The van der Waals surface area contributed by atoms with Crippen LogP contribution in [-0.4, -0.2) is 18.3 Å². The second-order valence-electron chi connectivity index (χ2n) is 3.81. The van der Waals surface area contributed by atoms with Gasteiger partial charge >= 0.3 is 0 Å². The van der Waals surface area contributed by atoms with Gasteiger partial charge in [0.05, 0.1) is 18.7 Å². The molecule has 1 aromatic carbocycles. The average Bonchev–Trinajstić information content (AvgIpc) is 2.89. The summed E-state index contributed by atoms with van der Waals surface area (Å²) >= 11 is 0. The van der Waals surface area contributed by atoms with Crippen molar-refractivity contribution < 1.29 is 9.21 Å². The summed E-state index contributed by atoms with van der Waals surface area (Å²) in [5.41, 5.74) is 1.65. The highest BCUT2D eigenvalue weighted by molar-refractivity contribution is 5.89. The van der Waals surface area contributed by atoms with Gasteiger partial charge in [-0.25, -0.2) is 0 Å². The first-order chi connectivity index (χ1) is 9.24. The van der Waals surface area contributed by atoms with E-state index in [1.165, 1.54) is 13.1 Å². The lowest BCUT2D eigenvalue weighted by Crippen LogP contribution is -2.05. The molecule has 0 saturated carbocycles. The van der Waals surface area contributed by atoms with Gasteiger partial charge in [-0.2, -0.15) is 10.2 Å². The third-order valence-electron chi connectivity index (χ3n) is 2.23. The van der Waals surface area contributed by atoms with E-state index < -0.39 is 0 Å². The number of nitrogens with zero attached hydrogens (tertiary/aromatic N) is 2. The number of carbonyl (C=O) groups excluding carboxylic acids is 1. The van der Waals surface area contributed by atoms with E-state index in [0.29, 0.717) is 5.76 Å². The molecule has 1 aromatic heterocycles. The third kappa shape index (κ3) is 4.23. The van der Waals surface area contributed by atoms with Gasteiger partial charge in [0.25, 0.3) is 0 Å². The van der Waals surface area contributed by atoms with Gasteiger partial charge in [0, 0.05) is 12.6 Å². The van der Waals surface area contributed by atoms with Crippen molar-refractivity contribution in [3.8, 4) is 0 Å². The van der Waals surface area contributed by atoms with Crippen molar-refractivity contribution in [2.45, 2.75) is 6.92 Å². The molecule has 5 heteroatoms. The summed E-state index contributed by atoms with van der Waals surface area (Å²) in [6.07, 6.45) is 4.73. The Kier molecular flexibility index (Phi) is 4.23. The molecule has 0 aliphatic carbocycles. The first-order valence-electron chi connectivity index (χ1n) is 5.71. The number of rotatable bonds is 4. The summed E-state index contributed by atoms with van der Waals surface area (Å²) in [6, 6.07) is 10.9. The fraction of sp³-hybridized carbons (Fsp3) is 0.0714. The molecule has 0 aliphatic rings. The Bertz CT molecular complexity index is 584. The van der Waals surface area contributed by atoms with E-state index >= 15 is 0 Å². The molecule has 0 bridgehead atoms. The summed E-state index contributed by atoms with van der Waals surface area (Å²) in [7, 11) is 0. The zero-order valence-corrected chi connectivity index (χ0v) is 10.4. The summed E-state index contributed by atoms with van der Waals surface area (Å²) in [6.45, 7) is 1.47. The van der Waals surface area contributed by atoms with Crippen LogP contribution in [0.5, 0.6) is 0 Å². The van der Waals surface area contributed by atoms with Crippen LogP contribution in [0.3, 0.4) is 0 Å². The molecule has 0 spiro atoms. The lowest BCUT2D eigenvalue weighted by atomic mass is 10.2. The Hall–Kier alpha value is -2.69. The van der Waals surface area contributed by atoms with Gasteiger partial charge in [-0.1, -0.05) is 12.1 Å². The van der Waals surface area contributed by atoms with Gasteiger partial charge in [-0.15, -0.1) is 0 Å². The standard InChI is InChI=1S/C14H13N3O2/c1-11(18)17-13-6-4-12(5-7-13)9-15-16-10-14-3-2-8-19-14/h2-10H,1H3,(H,17,18)/b15-9?,16-10+. The monoisotopic (exact) mass is 255 g/mol. The van der Waals surface area contributed by atoms with Crippen LogP contribution in [0, 0.1) is 0 Å². The lowest BCUT2D eigenvalue weighted by Gasteiger charge is -2.00. The van der Waals surface area contributed by atoms with Crippen molar-refractivity contribution in [1.29, 1.82) is 0 Å². The van der Waals surface area contributed by atoms with Crippen LogP contribution in [0.2, 0.25) is 0 Å². The summed E-state index contributed by atoms with van der Waals surface area (Å²) in [4.78, 5) is 10.9. The number of hydrogen-bond donors (Lipinski definition) is 1. The topological polar surface area (TPSA) is 67.0 Å². The quantitative estimate of drug-likeness (QED) is 0.674. The summed E-state index contributed by atoms with van der Waals surface area (Å²) in [5.74, 6) is 0.558. The van der Waals surface area contributed by atoms with E-state index in [9.17, 15) is 4.79 Å². The Morgan fingerprint density at radius 1 is 1.16 bits per heavy atom. The van der Waals surface area contributed by atoms with E-state index in [-0.39, 0.29) is 5.91 Å². The molecular formula is C14H13N3O2. The van der Waals surface area contributed by atoms with Crippen LogP contribution < -0.4 is 5.32 Å². The molecule has 0 radical (unpaired) electrons. The van der Waals surface area contributed by atoms with Crippen molar-refractivity contribution in [2.24, 2.45) is 10.2 Å². The van der Waals surface area contributed by atoms with E-state index in [1.54, 1.807) is 36.7 Å². The molecule has 96 valence electrons. The predicted octanol–water partition coefficient (Wildman–Crippen LogP) is 2.69. The molecule has 1 amide bonds. The first kappa shape index (κ1) is 12.8. The van der Waals surface area contributed by atoms with Crippen LogP contribution in [-0.2, 0) is 4.79 Å². The van der Waals surface area contributed by atoms with Crippen LogP contribution >= 0.6 is 0 Å². The van der Waals surface area contributed by atoms with Gasteiger partial charge in [-0.3, -0.25) is 4.79 Å². The number of amides is 1. The first-order valence-corrected chi connectivity index (χ1v) is 5.71. The van der Waals surface area contributed by atoms with Gasteiger partial charge < -0.3 is 9.73 Å². The van der Waals surface area contributed by atoms with Crippen LogP contribution in [0.25, 0.3) is 0 Å². The third-order valence-corrected chi connectivity index (χ3v) is 2.23. The molecule has 19 heavy (non-hydrogen) atoms. The summed E-state index contributed by atoms with van der Waals surface area (Å²) in [5, 5.41) is 10.5. The minimum atomic E-state index is -0.0931. The van der Waals surface area contributed by atoms with Crippen molar-refractivity contribution in [2.75, 3.05) is 5.32 Å². The molecule has 0 aliphatic heterocycles. The molecule has 2 aromatic rings. The number of carbonyl (C=O) groups is 1. The fourth-order valence-corrected chi connectivity index (χ4v) is 1.41. The second kappa shape index (κ2) is 6.30. The number of nitrogens with one attached hydrogen (secondary N) is 1. The van der Waals surface area contributed by atoms with Crippen molar-refractivity contribution >= 4 is 24.0 Å². The van der Waals surface area contributed by atoms with Gasteiger partial charge in [0.1, 0.15) is 5.76 Å². The number of furan rings is 1. The van der Waals surface area contributed by atoms with E-state index in [2.05, 4.69) is 15.5 Å². The fourth-order valence-electron chi connectivity index (χ4n) is 1.41. The maximum absolute atomic E-state index is 10.9. The van der Waals surface area contributed by atoms with Crippen LogP contribution in [0.15, 0.2) is 57.3 Å². The van der Waals surface area contributed by atoms with E-state index in [4.69, 9.17) is 4.42 Å². The van der Waals surface area contributed by atoms with Gasteiger partial charge in [0.15, 0.2) is 0 Å². The number of benzene rings is 1. The highest BCUT2D eigenvalue weighted by Crippen LogP contribution is 2.07. The molecule has 5 nitrogen and oxygen atoms in total. The Labute approximate surface area is 110 Å². The normalized spacial score (nSPS) is 11.2. The van der Waals surface area contributed by atoms with E-state index in [1.807, 2.05) is 12.1 Å². The van der Waals surface area contributed by atoms with Gasteiger partial charge in [-0.05, 0) is 29.8 Å².